The highest BCUT2D eigenvalue weighted by Crippen LogP contribution is 2.21. The Labute approximate surface area is 138 Å². The second kappa shape index (κ2) is 8.34. The fraction of sp³-hybridized carbons (Fsp3) is 0.111. The zero-order valence-corrected chi connectivity index (χ0v) is 12.6. The zero-order valence-electron chi connectivity index (χ0n) is 12.6. The second-order valence-corrected chi connectivity index (χ2v) is 4.73. The summed E-state index contributed by atoms with van der Waals surface area (Å²) in [4.78, 5) is 22.2. The Hall–Kier alpha value is -3.33. The minimum atomic E-state index is -0.931. The molecule has 122 valence electrons. The lowest BCUT2D eigenvalue weighted by atomic mass is 10.1. The maximum Gasteiger partial charge on any atom is 0.408 e. The molecule has 2 N–H and O–H groups in total. The normalized spacial score (nSPS) is 9.54. The topological polar surface area (TPSA) is 75.6 Å². The van der Waals surface area contributed by atoms with Gasteiger partial charge in [0.15, 0.2) is 17.9 Å². The lowest BCUT2D eigenvalue weighted by molar-refractivity contribution is 0.112. The van der Waals surface area contributed by atoms with Crippen LogP contribution in [0.1, 0.15) is 21.5 Å². The van der Waals surface area contributed by atoms with Gasteiger partial charge < -0.3 is 15.2 Å². The van der Waals surface area contributed by atoms with E-state index in [1.807, 2.05) is 30.3 Å². The summed E-state index contributed by atoms with van der Waals surface area (Å²) in [5.74, 6) is 3.55. The summed E-state index contributed by atoms with van der Waals surface area (Å²) in [6.45, 7) is 0.137. The first-order valence-corrected chi connectivity index (χ1v) is 7.01. The molecule has 1 amide bonds. The molecule has 0 unspecified atom stereocenters. The van der Waals surface area contributed by atoms with E-state index in [0.29, 0.717) is 6.29 Å². The summed E-state index contributed by atoms with van der Waals surface area (Å²) < 4.78 is 18.4. The van der Waals surface area contributed by atoms with Crippen molar-refractivity contribution in [1.29, 1.82) is 0 Å². The number of phenols is 1. The summed E-state index contributed by atoms with van der Waals surface area (Å²) in [5.41, 5.74) is 0.890. The molecule has 24 heavy (non-hydrogen) atoms. The third kappa shape index (κ3) is 4.85. The van der Waals surface area contributed by atoms with Crippen LogP contribution in [-0.4, -0.2) is 24.0 Å². The molecule has 0 bridgehead atoms. The van der Waals surface area contributed by atoms with Crippen molar-refractivity contribution < 1.29 is 23.8 Å². The molecule has 0 radical (unpaired) electrons. The van der Waals surface area contributed by atoms with Gasteiger partial charge in [-0.3, -0.25) is 4.79 Å². The van der Waals surface area contributed by atoms with E-state index in [1.165, 1.54) is 6.07 Å². The van der Waals surface area contributed by atoms with Crippen molar-refractivity contribution in [1.82, 2.24) is 5.32 Å². The lowest BCUT2D eigenvalue weighted by Gasteiger charge is -2.04. The summed E-state index contributed by atoms with van der Waals surface area (Å²) >= 11 is 0. The Balaban J connectivity index is 1.84. The summed E-state index contributed by atoms with van der Waals surface area (Å²) in [7, 11) is 0. The van der Waals surface area contributed by atoms with Crippen LogP contribution in [0.5, 0.6) is 5.75 Å². The predicted octanol–water partition coefficient (Wildman–Crippen LogP) is 2.62. The summed E-state index contributed by atoms with van der Waals surface area (Å²) in [6.07, 6.45) is -0.290. The highest BCUT2D eigenvalue weighted by molar-refractivity contribution is 5.80. The maximum absolute atomic E-state index is 13.4. The van der Waals surface area contributed by atoms with E-state index < -0.39 is 17.7 Å². The quantitative estimate of drug-likeness (QED) is 0.669. The number of alkyl carbamates (subject to hydrolysis) is 1. The molecule has 2 aromatic carbocycles. The molecule has 0 aliphatic carbocycles. The van der Waals surface area contributed by atoms with Crippen LogP contribution in [0.15, 0.2) is 42.5 Å². The Bertz CT molecular complexity index is 794. The van der Waals surface area contributed by atoms with Gasteiger partial charge in [0, 0.05) is 5.56 Å². The average Bonchev–Trinajstić information content (AvgIpc) is 2.60. The molecule has 0 heterocycles. The van der Waals surface area contributed by atoms with Crippen LogP contribution >= 0.6 is 0 Å². The van der Waals surface area contributed by atoms with Gasteiger partial charge in [0.25, 0.3) is 0 Å². The Morgan fingerprint density at radius 1 is 1.29 bits per heavy atom. The number of nitrogens with one attached hydrogen (secondary N) is 1. The number of benzene rings is 2. The number of amides is 1. The van der Waals surface area contributed by atoms with Crippen molar-refractivity contribution in [2.45, 2.75) is 6.61 Å². The average molecular weight is 327 g/mol. The first-order valence-electron chi connectivity index (χ1n) is 7.01. The molecule has 0 spiro atoms. The zero-order chi connectivity index (χ0) is 17.4. The first kappa shape index (κ1) is 17.0. The van der Waals surface area contributed by atoms with Gasteiger partial charge in [-0.1, -0.05) is 42.2 Å². The molecule has 0 fully saturated rings. The monoisotopic (exact) mass is 327 g/mol. The molecule has 0 aliphatic heterocycles. The fourth-order valence-electron chi connectivity index (χ4n) is 1.82. The van der Waals surface area contributed by atoms with Gasteiger partial charge >= 0.3 is 6.09 Å². The van der Waals surface area contributed by atoms with E-state index in [2.05, 4.69) is 17.2 Å². The van der Waals surface area contributed by atoms with Gasteiger partial charge in [-0.25, -0.2) is 9.18 Å². The number of aldehydes is 1. The molecule has 5 nitrogen and oxygen atoms in total. The van der Waals surface area contributed by atoms with Crippen LogP contribution < -0.4 is 5.32 Å². The molecule has 0 aliphatic rings. The first-order chi connectivity index (χ1) is 11.6. The van der Waals surface area contributed by atoms with Gasteiger partial charge in [0.05, 0.1) is 12.1 Å². The van der Waals surface area contributed by atoms with Crippen LogP contribution in [0.2, 0.25) is 0 Å². The van der Waals surface area contributed by atoms with Crippen molar-refractivity contribution in [3.05, 3.63) is 65.0 Å². The second-order valence-electron chi connectivity index (χ2n) is 4.73. The number of rotatable bonds is 4. The Kier molecular flexibility index (Phi) is 5.92. The number of hydrogen-bond acceptors (Lipinski definition) is 4. The SMILES string of the molecule is O=Cc1cc(C#CCNC(=O)OCc2ccccc2)cc(F)c1O. The molecular weight excluding hydrogens is 313 g/mol. The van der Waals surface area contributed by atoms with Crippen molar-refractivity contribution in [2.75, 3.05) is 6.54 Å². The van der Waals surface area contributed by atoms with Gasteiger partial charge in [0.2, 0.25) is 0 Å². The number of ether oxygens (including phenoxy) is 1. The Morgan fingerprint density at radius 2 is 2.04 bits per heavy atom. The van der Waals surface area contributed by atoms with Gasteiger partial charge in [-0.2, -0.15) is 0 Å². The van der Waals surface area contributed by atoms with E-state index in [4.69, 9.17) is 4.74 Å². The minimum absolute atomic E-state index is 0.00740. The smallest absolute Gasteiger partial charge is 0.408 e. The maximum atomic E-state index is 13.4. The summed E-state index contributed by atoms with van der Waals surface area (Å²) in [6, 6.07) is 11.5. The van der Waals surface area contributed by atoms with Crippen LogP contribution in [-0.2, 0) is 11.3 Å². The predicted molar refractivity (Wildman–Crippen MR) is 85.0 cm³/mol. The van der Waals surface area contributed by atoms with Gasteiger partial charge in [-0.05, 0) is 17.7 Å². The minimum Gasteiger partial charge on any atom is -0.504 e. The molecule has 0 saturated heterocycles. The van der Waals surface area contributed by atoms with E-state index in [-0.39, 0.29) is 24.3 Å². The standard InChI is InChI=1S/C18H14FNO4/c19-16-10-14(9-15(11-21)17(16)22)7-4-8-20-18(23)24-12-13-5-2-1-3-6-13/h1-3,5-6,9-11,22H,8,12H2,(H,20,23). The molecule has 0 aromatic heterocycles. The Morgan fingerprint density at radius 3 is 2.75 bits per heavy atom. The van der Waals surface area contributed by atoms with Gasteiger partial charge in [-0.15, -0.1) is 0 Å². The van der Waals surface area contributed by atoms with Crippen molar-refractivity contribution in [3.63, 3.8) is 0 Å². The van der Waals surface area contributed by atoms with Crippen molar-refractivity contribution in [3.8, 4) is 17.6 Å². The van der Waals surface area contributed by atoms with Crippen molar-refractivity contribution >= 4 is 12.4 Å². The highest BCUT2D eigenvalue weighted by Gasteiger charge is 2.08. The molecule has 0 atom stereocenters. The number of carbonyl (C=O) groups is 2. The number of halogens is 1. The number of phenolic OH excluding ortho intramolecular Hbond substituents is 1. The van der Waals surface area contributed by atoms with Crippen molar-refractivity contribution in [2.24, 2.45) is 0 Å². The van der Waals surface area contributed by atoms with E-state index >= 15 is 0 Å². The molecular formula is C18H14FNO4. The number of hydrogen-bond donors (Lipinski definition) is 2. The molecule has 2 rings (SSSR count). The van der Waals surface area contributed by atoms with Crippen LogP contribution in [0.4, 0.5) is 9.18 Å². The summed E-state index contributed by atoms with van der Waals surface area (Å²) in [5, 5.41) is 11.7. The van der Waals surface area contributed by atoms with Crippen LogP contribution in [0.25, 0.3) is 0 Å². The molecule has 0 saturated carbocycles. The molecule has 2 aromatic rings. The largest absolute Gasteiger partial charge is 0.504 e. The van der Waals surface area contributed by atoms with E-state index in [0.717, 1.165) is 11.6 Å². The van der Waals surface area contributed by atoms with E-state index in [9.17, 15) is 19.1 Å². The third-order valence-corrected chi connectivity index (χ3v) is 2.99. The van der Waals surface area contributed by atoms with Gasteiger partial charge in [0.1, 0.15) is 6.61 Å². The number of aromatic hydroxyl groups is 1. The number of carbonyl (C=O) groups excluding carboxylic acids is 2. The highest BCUT2D eigenvalue weighted by atomic mass is 19.1. The van der Waals surface area contributed by atoms with Crippen LogP contribution in [0.3, 0.4) is 0 Å². The fourth-order valence-corrected chi connectivity index (χ4v) is 1.82. The van der Waals surface area contributed by atoms with E-state index in [1.54, 1.807) is 0 Å². The molecule has 6 heteroatoms. The lowest BCUT2D eigenvalue weighted by Crippen LogP contribution is -2.24. The third-order valence-electron chi connectivity index (χ3n) is 2.99. The van der Waals surface area contributed by atoms with Crippen LogP contribution in [0, 0.1) is 17.7 Å².